The molecule has 0 radical (unpaired) electrons. The van der Waals surface area contributed by atoms with E-state index in [2.05, 4.69) is 60.9 Å². The Balaban J connectivity index is 1.70. The van der Waals surface area contributed by atoms with Crippen molar-refractivity contribution in [3.63, 3.8) is 0 Å². The lowest BCUT2D eigenvalue weighted by atomic mass is 10.0. The molecular weight excluding hydrogens is 400 g/mol. The lowest BCUT2D eigenvalue weighted by Crippen LogP contribution is -2.20. The largest absolute Gasteiger partial charge is 0.273 e. The zero-order valence-corrected chi connectivity index (χ0v) is 20.0. The van der Waals surface area contributed by atoms with E-state index in [1.54, 1.807) is 0 Å². The van der Waals surface area contributed by atoms with E-state index < -0.39 is 0 Å². The highest BCUT2D eigenvalue weighted by Crippen LogP contribution is 2.11. The predicted octanol–water partition coefficient (Wildman–Crippen LogP) is 4.86. The summed E-state index contributed by atoms with van der Waals surface area (Å²) in [6, 6.07) is 12.2. The quantitative estimate of drug-likeness (QED) is 0.336. The maximum Gasteiger partial charge on any atom is 0.240 e. The molecule has 0 aliphatic heterocycles. The summed E-state index contributed by atoms with van der Waals surface area (Å²) in [7, 11) is 0. The first kappa shape index (κ1) is 25.0. The Labute approximate surface area is 191 Å². The number of benzene rings is 2. The smallest absolute Gasteiger partial charge is 0.240 e. The molecule has 2 amide bonds. The molecule has 0 spiro atoms. The lowest BCUT2D eigenvalue weighted by Gasteiger charge is -2.06. The van der Waals surface area contributed by atoms with E-state index in [1.807, 2.05) is 38.1 Å². The van der Waals surface area contributed by atoms with Crippen LogP contribution >= 0.6 is 0 Å². The van der Waals surface area contributed by atoms with Crippen molar-refractivity contribution in [1.82, 2.24) is 10.9 Å². The van der Waals surface area contributed by atoms with Gasteiger partial charge < -0.3 is 0 Å². The molecule has 6 heteroatoms. The molecule has 0 heterocycles. The number of nitrogens with zero attached hydrogens (tertiary/aromatic N) is 2. The molecule has 0 unspecified atom stereocenters. The van der Waals surface area contributed by atoms with Crippen LogP contribution in [0.15, 0.2) is 46.6 Å². The van der Waals surface area contributed by atoms with Gasteiger partial charge in [0.05, 0.1) is 11.4 Å². The highest BCUT2D eigenvalue weighted by atomic mass is 16.2. The molecule has 0 aromatic heterocycles. The van der Waals surface area contributed by atoms with Crippen molar-refractivity contribution in [3.8, 4) is 0 Å². The second-order valence-electron chi connectivity index (χ2n) is 8.27. The Bertz CT molecular complexity index is 955. The summed E-state index contributed by atoms with van der Waals surface area (Å²) in [5.41, 5.74) is 13.5. The molecule has 2 rings (SSSR count). The van der Waals surface area contributed by atoms with Crippen LogP contribution < -0.4 is 10.9 Å². The Morgan fingerprint density at radius 3 is 1.38 bits per heavy atom. The van der Waals surface area contributed by atoms with Gasteiger partial charge >= 0.3 is 0 Å². The van der Waals surface area contributed by atoms with E-state index in [9.17, 15) is 9.59 Å². The molecule has 0 saturated carbocycles. The topological polar surface area (TPSA) is 82.9 Å². The Kier molecular flexibility index (Phi) is 9.32. The van der Waals surface area contributed by atoms with Crippen LogP contribution in [0, 0.1) is 27.7 Å². The summed E-state index contributed by atoms with van der Waals surface area (Å²) < 4.78 is 0. The van der Waals surface area contributed by atoms with Gasteiger partial charge in [0.25, 0.3) is 0 Å². The maximum atomic E-state index is 12.0. The van der Waals surface area contributed by atoms with Crippen LogP contribution in [0.2, 0.25) is 0 Å². The summed E-state index contributed by atoms with van der Waals surface area (Å²) in [6.45, 7) is 12.0. The zero-order chi connectivity index (χ0) is 23.7. The molecule has 0 atom stereocenters. The summed E-state index contributed by atoms with van der Waals surface area (Å²) in [5, 5.41) is 8.38. The monoisotopic (exact) mass is 434 g/mol. The van der Waals surface area contributed by atoms with E-state index in [0.29, 0.717) is 25.7 Å². The average Bonchev–Trinajstić information content (AvgIpc) is 2.77. The number of rotatable bonds is 9. The van der Waals surface area contributed by atoms with E-state index >= 15 is 0 Å². The summed E-state index contributed by atoms with van der Waals surface area (Å²) in [5.74, 6) is -0.311. The summed E-state index contributed by atoms with van der Waals surface area (Å²) in [6.07, 6.45) is 1.86. The van der Waals surface area contributed by atoms with Crippen LogP contribution in [-0.4, -0.2) is 23.2 Å². The zero-order valence-electron chi connectivity index (χ0n) is 20.0. The maximum absolute atomic E-state index is 12.0. The molecule has 0 fully saturated rings. The molecule has 0 aliphatic rings. The minimum absolute atomic E-state index is 0.155. The Morgan fingerprint density at radius 2 is 1.03 bits per heavy atom. The van der Waals surface area contributed by atoms with Crippen LogP contribution in [0.4, 0.5) is 0 Å². The third-order valence-corrected chi connectivity index (χ3v) is 5.60. The van der Waals surface area contributed by atoms with E-state index in [1.165, 1.54) is 22.3 Å². The number of unbranched alkanes of at least 4 members (excludes halogenated alkanes) is 1. The van der Waals surface area contributed by atoms with Crippen LogP contribution in [0.3, 0.4) is 0 Å². The number of aryl methyl sites for hydroxylation is 4. The van der Waals surface area contributed by atoms with Crippen molar-refractivity contribution in [2.75, 3.05) is 0 Å². The van der Waals surface area contributed by atoms with Gasteiger partial charge in [-0.15, -0.1) is 0 Å². The van der Waals surface area contributed by atoms with Gasteiger partial charge in [-0.2, -0.15) is 10.2 Å². The normalized spacial score (nSPS) is 11.9. The molecule has 0 bridgehead atoms. The fraction of sp³-hybridized carbons (Fsp3) is 0.385. The fourth-order valence-corrected chi connectivity index (χ4v) is 3.04. The van der Waals surface area contributed by atoms with E-state index in [4.69, 9.17) is 0 Å². The second-order valence-corrected chi connectivity index (χ2v) is 8.27. The highest BCUT2D eigenvalue weighted by molar-refractivity contribution is 6.00. The lowest BCUT2D eigenvalue weighted by molar-refractivity contribution is -0.123. The third-order valence-electron chi connectivity index (χ3n) is 5.60. The van der Waals surface area contributed by atoms with Crippen LogP contribution in [-0.2, 0) is 9.59 Å². The Hall–Kier alpha value is -3.28. The van der Waals surface area contributed by atoms with Gasteiger partial charge in [-0.25, -0.2) is 10.9 Å². The van der Waals surface area contributed by atoms with Crippen molar-refractivity contribution in [2.45, 2.75) is 67.2 Å². The summed E-state index contributed by atoms with van der Waals surface area (Å²) >= 11 is 0. The van der Waals surface area contributed by atoms with Gasteiger partial charge in [-0.05, 0) is 99.9 Å². The number of hydrazone groups is 2. The molecule has 2 aromatic rings. The van der Waals surface area contributed by atoms with Gasteiger partial charge in [0.15, 0.2) is 0 Å². The van der Waals surface area contributed by atoms with Crippen molar-refractivity contribution in [1.29, 1.82) is 0 Å². The minimum atomic E-state index is -0.155. The van der Waals surface area contributed by atoms with Crippen molar-refractivity contribution in [3.05, 3.63) is 69.8 Å². The minimum Gasteiger partial charge on any atom is -0.273 e. The summed E-state index contributed by atoms with van der Waals surface area (Å²) in [4.78, 5) is 24.1. The van der Waals surface area contributed by atoms with E-state index in [-0.39, 0.29) is 11.8 Å². The van der Waals surface area contributed by atoms with Gasteiger partial charge in [-0.3, -0.25) is 9.59 Å². The number of carbonyl (C=O) groups excluding carboxylic acids is 2. The number of hydrogen-bond acceptors (Lipinski definition) is 4. The molecule has 2 aromatic carbocycles. The molecule has 6 nitrogen and oxygen atoms in total. The fourth-order valence-electron chi connectivity index (χ4n) is 3.04. The molecule has 170 valence electrons. The van der Waals surface area contributed by atoms with Crippen LogP contribution in [0.1, 0.15) is 72.9 Å². The van der Waals surface area contributed by atoms with Crippen molar-refractivity contribution >= 4 is 23.2 Å². The first-order valence-corrected chi connectivity index (χ1v) is 11.0. The Morgan fingerprint density at radius 1 is 0.656 bits per heavy atom. The van der Waals surface area contributed by atoms with Crippen molar-refractivity contribution < 1.29 is 9.59 Å². The number of amides is 2. The van der Waals surface area contributed by atoms with Gasteiger partial charge in [-0.1, -0.05) is 24.3 Å². The predicted molar refractivity (Wildman–Crippen MR) is 131 cm³/mol. The SMILES string of the molecule is C/C(=N\NC(=O)CCCCC(=O)N/N=C(\C)c1ccc(C)c(C)c1)c1ccc(C)c(C)c1. The highest BCUT2D eigenvalue weighted by Gasteiger charge is 2.06. The molecule has 32 heavy (non-hydrogen) atoms. The number of nitrogens with one attached hydrogen (secondary N) is 2. The third kappa shape index (κ3) is 7.76. The van der Waals surface area contributed by atoms with Gasteiger partial charge in [0.2, 0.25) is 11.8 Å². The molecule has 2 N–H and O–H groups in total. The van der Waals surface area contributed by atoms with Crippen molar-refractivity contribution in [2.24, 2.45) is 10.2 Å². The van der Waals surface area contributed by atoms with Gasteiger partial charge in [0.1, 0.15) is 0 Å². The van der Waals surface area contributed by atoms with Gasteiger partial charge in [0, 0.05) is 12.8 Å². The number of carbonyl (C=O) groups is 2. The van der Waals surface area contributed by atoms with Crippen LogP contribution in [0.5, 0.6) is 0 Å². The molecule has 0 saturated heterocycles. The van der Waals surface area contributed by atoms with E-state index in [0.717, 1.165) is 22.6 Å². The first-order chi connectivity index (χ1) is 15.2. The standard InChI is InChI=1S/C26H34N4O2/c1-17-11-13-23(15-19(17)3)21(5)27-29-25(31)9-7-8-10-26(32)30-28-22(6)24-14-12-18(2)20(4)16-24/h11-16H,7-10H2,1-6H3,(H,29,31)(H,30,32)/b27-21+,28-22+. The molecule has 0 aliphatic carbocycles. The average molecular weight is 435 g/mol. The first-order valence-electron chi connectivity index (χ1n) is 11.0. The number of hydrogen-bond donors (Lipinski definition) is 2. The second kappa shape index (κ2) is 11.9. The van der Waals surface area contributed by atoms with Crippen LogP contribution in [0.25, 0.3) is 0 Å². The molecular formula is C26H34N4O2.